The summed E-state index contributed by atoms with van der Waals surface area (Å²) in [5.41, 5.74) is 0. The van der Waals surface area contributed by atoms with Crippen molar-refractivity contribution >= 4 is 12.6 Å². The van der Waals surface area contributed by atoms with Crippen molar-refractivity contribution < 1.29 is 19.4 Å². The summed E-state index contributed by atoms with van der Waals surface area (Å²) in [4.78, 5) is 20.3. The SMILES string of the molecule is CNCCOC(C=O)[C@@H](O)C=O. The molecule has 0 radical (unpaired) electrons. The maximum absolute atomic E-state index is 10.2. The average molecular weight is 175 g/mol. The lowest BCUT2D eigenvalue weighted by Crippen LogP contribution is -2.33. The zero-order valence-electron chi connectivity index (χ0n) is 6.90. The van der Waals surface area contributed by atoms with Gasteiger partial charge in [-0.25, -0.2) is 0 Å². The molecule has 0 spiro atoms. The molecule has 0 aliphatic rings. The number of aldehydes is 2. The van der Waals surface area contributed by atoms with Crippen molar-refractivity contribution in [1.29, 1.82) is 0 Å². The summed E-state index contributed by atoms with van der Waals surface area (Å²) in [6.45, 7) is 0.848. The molecule has 0 saturated heterocycles. The van der Waals surface area contributed by atoms with Crippen LogP contribution in [0.3, 0.4) is 0 Å². The fraction of sp³-hybridized carbons (Fsp3) is 0.714. The molecule has 70 valence electrons. The van der Waals surface area contributed by atoms with E-state index in [2.05, 4.69) is 5.32 Å². The van der Waals surface area contributed by atoms with Crippen LogP contribution in [-0.4, -0.2) is 50.1 Å². The average Bonchev–Trinajstić information content (AvgIpc) is 2.11. The highest BCUT2D eigenvalue weighted by Crippen LogP contribution is 1.92. The van der Waals surface area contributed by atoms with Crippen LogP contribution in [0.2, 0.25) is 0 Å². The number of likely N-dealkylation sites (N-methyl/N-ethyl adjacent to an activating group) is 1. The number of carbonyl (C=O) groups excluding carboxylic acids is 2. The van der Waals surface area contributed by atoms with Crippen molar-refractivity contribution in [2.24, 2.45) is 0 Å². The number of ether oxygens (including phenoxy) is 1. The van der Waals surface area contributed by atoms with Crippen LogP contribution in [0.25, 0.3) is 0 Å². The van der Waals surface area contributed by atoms with Crippen LogP contribution in [0.15, 0.2) is 0 Å². The summed E-state index contributed by atoms with van der Waals surface area (Å²) < 4.78 is 4.87. The summed E-state index contributed by atoms with van der Waals surface area (Å²) in [6.07, 6.45) is -1.72. The van der Waals surface area contributed by atoms with Gasteiger partial charge in [0, 0.05) is 6.54 Å². The van der Waals surface area contributed by atoms with Crippen molar-refractivity contribution in [3.63, 3.8) is 0 Å². The van der Waals surface area contributed by atoms with Gasteiger partial charge >= 0.3 is 0 Å². The molecule has 0 aromatic heterocycles. The van der Waals surface area contributed by atoms with E-state index in [4.69, 9.17) is 9.84 Å². The molecule has 0 aromatic carbocycles. The third kappa shape index (κ3) is 4.17. The Bertz CT molecular complexity index is 139. The van der Waals surface area contributed by atoms with Crippen molar-refractivity contribution in [3.05, 3.63) is 0 Å². The summed E-state index contributed by atoms with van der Waals surface area (Å²) in [5.74, 6) is 0. The van der Waals surface area contributed by atoms with Gasteiger partial charge in [0.15, 0.2) is 12.6 Å². The van der Waals surface area contributed by atoms with Crippen molar-refractivity contribution in [3.8, 4) is 0 Å². The minimum Gasteiger partial charge on any atom is -0.382 e. The highest BCUT2D eigenvalue weighted by molar-refractivity contribution is 5.68. The predicted octanol–water partition coefficient (Wildman–Crippen LogP) is -1.65. The maximum Gasteiger partial charge on any atom is 0.151 e. The van der Waals surface area contributed by atoms with E-state index in [-0.39, 0.29) is 12.9 Å². The molecular weight excluding hydrogens is 162 g/mol. The first-order valence-electron chi connectivity index (χ1n) is 3.61. The Kier molecular flexibility index (Phi) is 6.45. The smallest absolute Gasteiger partial charge is 0.151 e. The normalized spacial score (nSPS) is 15.2. The first kappa shape index (κ1) is 11.2. The number of rotatable bonds is 7. The predicted molar refractivity (Wildman–Crippen MR) is 41.8 cm³/mol. The molecule has 12 heavy (non-hydrogen) atoms. The van der Waals surface area contributed by atoms with Crippen LogP contribution in [-0.2, 0) is 14.3 Å². The van der Waals surface area contributed by atoms with E-state index < -0.39 is 12.2 Å². The van der Waals surface area contributed by atoms with Crippen LogP contribution >= 0.6 is 0 Å². The van der Waals surface area contributed by atoms with Gasteiger partial charge in [0.2, 0.25) is 0 Å². The second-order valence-corrected chi connectivity index (χ2v) is 2.20. The lowest BCUT2D eigenvalue weighted by Gasteiger charge is -2.12. The molecule has 0 amide bonds. The first-order chi connectivity index (χ1) is 5.76. The fourth-order valence-corrected chi connectivity index (χ4v) is 0.593. The number of hydrogen-bond donors (Lipinski definition) is 2. The summed E-state index contributed by atoms with van der Waals surface area (Å²) in [6, 6.07) is 0. The van der Waals surface area contributed by atoms with Gasteiger partial charge in [-0.05, 0) is 7.05 Å². The Labute approximate surface area is 70.7 Å². The Morgan fingerprint density at radius 1 is 1.50 bits per heavy atom. The van der Waals surface area contributed by atoms with Crippen LogP contribution in [0.4, 0.5) is 0 Å². The van der Waals surface area contributed by atoms with Gasteiger partial charge in [0.25, 0.3) is 0 Å². The van der Waals surface area contributed by atoms with Gasteiger partial charge < -0.3 is 24.7 Å². The van der Waals surface area contributed by atoms with E-state index >= 15 is 0 Å². The highest BCUT2D eigenvalue weighted by atomic mass is 16.5. The second-order valence-electron chi connectivity index (χ2n) is 2.20. The van der Waals surface area contributed by atoms with Gasteiger partial charge in [-0.3, -0.25) is 0 Å². The topological polar surface area (TPSA) is 75.6 Å². The minimum atomic E-state index is -1.36. The summed E-state index contributed by atoms with van der Waals surface area (Å²) >= 11 is 0. The first-order valence-corrected chi connectivity index (χ1v) is 3.61. The number of aliphatic hydroxyl groups excluding tert-OH is 1. The van der Waals surface area contributed by atoms with Gasteiger partial charge in [0.05, 0.1) is 6.61 Å². The standard InChI is InChI=1S/C7H13NO4/c1-8-2-3-12-7(5-10)6(11)4-9/h4-8,11H,2-3H2,1H3/t6-,7?/m0/s1. The van der Waals surface area contributed by atoms with Gasteiger partial charge in [-0.15, -0.1) is 0 Å². The molecule has 0 heterocycles. The van der Waals surface area contributed by atoms with Gasteiger partial charge in [-0.1, -0.05) is 0 Å². The lowest BCUT2D eigenvalue weighted by molar-refractivity contribution is -0.134. The van der Waals surface area contributed by atoms with Crippen LogP contribution in [0, 0.1) is 0 Å². The molecule has 0 aliphatic heterocycles. The molecule has 0 aromatic rings. The Morgan fingerprint density at radius 2 is 2.17 bits per heavy atom. The third-order valence-electron chi connectivity index (χ3n) is 1.27. The lowest BCUT2D eigenvalue weighted by atomic mass is 10.2. The summed E-state index contributed by atoms with van der Waals surface area (Å²) in [5, 5.41) is 11.7. The second kappa shape index (κ2) is 6.90. The molecule has 2 N–H and O–H groups in total. The van der Waals surface area contributed by atoms with E-state index in [0.29, 0.717) is 12.8 Å². The highest BCUT2D eigenvalue weighted by Gasteiger charge is 2.17. The van der Waals surface area contributed by atoms with Crippen molar-refractivity contribution in [1.82, 2.24) is 5.32 Å². The van der Waals surface area contributed by atoms with Gasteiger partial charge in [-0.2, -0.15) is 0 Å². The molecule has 5 nitrogen and oxygen atoms in total. The molecule has 0 aliphatic carbocycles. The van der Waals surface area contributed by atoms with E-state index in [1.54, 1.807) is 7.05 Å². The zero-order chi connectivity index (χ0) is 9.40. The zero-order valence-corrected chi connectivity index (χ0v) is 6.90. The van der Waals surface area contributed by atoms with E-state index in [1.807, 2.05) is 0 Å². The Balaban J connectivity index is 3.66. The molecule has 0 saturated carbocycles. The van der Waals surface area contributed by atoms with E-state index in [0.717, 1.165) is 0 Å². The fourth-order valence-electron chi connectivity index (χ4n) is 0.593. The number of hydrogen-bond acceptors (Lipinski definition) is 5. The molecule has 0 fully saturated rings. The van der Waals surface area contributed by atoms with Crippen molar-refractivity contribution in [2.75, 3.05) is 20.2 Å². The van der Waals surface area contributed by atoms with Gasteiger partial charge in [0.1, 0.15) is 12.2 Å². The molecule has 0 rings (SSSR count). The van der Waals surface area contributed by atoms with Crippen molar-refractivity contribution in [2.45, 2.75) is 12.2 Å². The molecule has 5 heteroatoms. The van der Waals surface area contributed by atoms with Crippen LogP contribution < -0.4 is 5.32 Å². The van der Waals surface area contributed by atoms with Crippen LogP contribution in [0.5, 0.6) is 0 Å². The number of nitrogens with one attached hydrogen (secondary N) is 1. The monoisotopic (exact) mass is 175 g/mol. The Hall–Kier alpha value is -0.780. The summed E-state index contributed by atoms with van der Waals surface area (Å²) in [7, 11) is 1.73. The largest absolute Gasteiger partial charge is 0.382 e. The van der Waals surface area contributed by atoms with Crippen LogP contribution in [0.1, 0.15) is 0 Å². The van der Waals surface area contributed by atoms with E-state index in [1.165, 1.54) is 0 Å². The third-order valence-corrected chi connectivity index (χ3v) is 1.27. The Morgan fingerprint density at radius 3 is 2.58 bits per heavy atom. The number of aliphatic hydroxyl groups is 1. The quantitative estimate of drug-likeness (QED) is 0.358. The number of carbonyl (C=O) groups is 2. The molecular formula is C7H13NO4. The van der Waals surface area contributed by atoms with E-state index in [9.17, 15) is 9.59 Å². The molecule has 0 bridgehead atoms. The maximum atomic E-state index is 10.2. The molecule has 1 unspecified atom stereocenters. The minimum absolute atomic E-state index is 0.276. The molecule has 2 atom stereocenters.